The zero-order chi connectivity index (χ0) is 19.1. The van der Waals surface area contributed by atoms with Gasteiger partial charge in [-0.3, -0.25) is 10.1 Å². The number of nitrogens with one attached hydrogen (secondary N) is 2. The number of piperidine rings is 1. The van der Waals surface area contributed by atoms with Crippen molar-refractivity contribution in [2.24, 2.45) is 5.92 Å². The number of anilines is 1. The topological polar surface area (TPSA) is 70.7 Å². The van der Waals surface area contributed by atoms with Crippen molar-refractivity contribution in [3.05, 3.63) is 46.7 Å². The molecule has 0 bridgehead atoms. The van der Waals surface area contributed by atoms with E-state index in [2.05, 4.69) is 33.0 Å². The van der Waals surface area contributed by atoms with Gasteiger partial charge in [0.15, 0.2) is 0 Å². The highest BCUT2D eigenvalue weighted by Gasteiger charge is 2.26. The lowest BCUT2D eigenvalue weighted by Gasteiger charge is -2.31. The Kier molecular flexibility index (Phi) is 6.84. The molecule has 0 atom stereocenters. The molecule has 6 nitrogen and oxygen atoms in total. The van der Waals surface area contributed by atoms with Gasteiger partial charge in [-0.25, -0.2) is 4.79 Å². The lowest BCUT2D eigenvalue weighted by atomic mass is 9.96. The Balaban J connectivity index is 1.41. The maximum atomic E-state index is 12.4. The first-order valence-corrected chi connectivity index (χ1v) is 10.0. The minimum absolute atomic E-state index is 0.119. The SMILES string of the molecule is COc1ccccc1NC(=O)NC(=O)C1CCN(CCc2cccs2)CC1. The molecular weight excluding hydrogens is 362 g/mol. The number of rotatable bonds is 6. The molecule has 0 saturated carbocycles. The first kappa shape index (κ1) is 19.4. The van der Waals surface area contributed by atoms with Crippen LogP contribution in [0.25, 0.3) is 0 Å². The van der Waals surface area contributed by atoms with Crippen LogP contribution < -0.4 is 15.4 Å². The van der Waals surface area contributed by atoms with Crippen LogP contribution in [0.1, 0.15) is 17.7 Å². The monoisotopic (exact) mass is 387 g/mol. The molecule has 2 aromatic rings. The molecular formula is C20H25N3O3S. The van der Waals surface area contributed by atoms with Gasteiger partial charge >= 0.3 is 6.03 Å². The van der Waals surface area contributed by atoms with E-state index < -0.39 is 6.03 Å². The Morgan fingerprint density at radius 2 is 1.96 bits per heavy atom. The summed E-state index contributed by atoms with van der Waals surface area (Å²) in [5.41, 5.74) is 0.536. The molecule has 1 aliphatic heterocycles. The first-order chi connectivity index (χ1) is 13.2. The van der Waals surface area contributed by atoms with Crippen LogP contribution in [0.4, 0.5) is 10.5 Å². The molecule has 2 heterocycles. The van der Waals surface area contributed by atoms with Crippen molar-refractivity contribution in [1.29, 1.82) is 0 Å². The lowest BCUT2D eigenvalue weighted by Crippen LogP contribution is -2.44. The molecule has 27 heavy (non-hydrogen) atoms. The van der Waals surface area contributed by atoms with Gasteiger partial charge in [-0.1, -0.05) is 18.2 Å². The summed E-state index contributed by atoms with van der Waals surface area (Å²) in [6.07, 6.45) is 2.60. The third kappa shape index (κ3) is 5.55. The van der Waals surface area contributed by atoms with Crippen LogP contribution in [-0.4, -0.2) is 43.6 Å². The van der Waals surface area contributed by atoms with Crippen LogP contribution in [0, 0.1) is 5.92 Å². The summed E-state index contributed by atoms with van der Waals surface area (Å²) in [4.78, 5) is 28.3. The summed E-state index contributed by atoms with van der Waals surface area (Å²) in [6, 6.07) is 10.8. The van der Waals surface area contributed by atoms with Crippen LogP contribution in [0.5, 0.6) is 5.75 Å². The number of benzene rings is 1. The standard InChI is InChI=1S/C20H25N3O3S/c1-26-18-7-3-2-6-17(18)21-20(25)22-19(24)15-8-11-23(12-9-15)13-10-16-5-4-14-27-16/h2-7,14-15H,8-13H2,1H3,(H2,21,22,24,25). The Bertz CT molecular complexity index is 756. The number of urea groups is 1. The van der Waals surface area contributed by atoms with Gasteiger partial charge in [-0.15, -0.1) is 11.3 Å². The highest BCUT2D eigenvalue weighted by Crippen LogP contribution is 2.23. The fourth-order valence-corrected chi connectivity index (χ4v) is 3.96. The number of para-hydroxylation sites is 2. The van der Waals surface area contributed by atoms with E-state index in [1.54, 1.807) is 29.5 Å². The number of ether oxygens (including phenoxy) is 1. The maximum absolute atomic E-state index is 12.4. The van der Waals surface area contributed by atoms with E-state index in [1.165, 1.54) is 12.0 Å². The average molecular weight is 388 g/mol. The summed E-state index contributed by atoms with van der Waals surface area (Å²) in [6.45, 7) is 2.79. The van der Waals surface area contributed by atoms with Crippen LogP contribution in [0.3, 0.4) is 0 Å². The number of nitrogens with zero attached hydrogens (tertiary/aromatic N) is 1. The molecule has 1 aliphatic rings. The molecule has 7 heteroatoms. The van der Waals surface area contributed by atoms with Gasteiger partial charge in [0.2, 0.25) is 5.91 Å². The van der Waals surface area contributed by atoms with Gasteiger partial charge in [0.05, 0.1) is 12.8 Å². The van der Waals surface area contributed by atoms with Crippen molar-refractivity contribution in [2.75, 3.05) is 32.1 Å². The Morgan fingerprint density at radius 3 is 2.67 bits per heavy atom. The van der Waals surface area contributed by atoms with Crippen LogP contribution in [0.15, 0.2) is 41.8 Å². The molecule has 144 valence electrons. The molecule has 0 unspecified atom stereocenters. The van der Waals surface area contributed by atoms with Crippen molar-refractivity contribution < 1.29 is 14.3 Å². The van der Waals surface area contributed by atoms with Gasteiger partial charge < -0.3 is 15.0 Å². The molecule has 3 rings (SSSR count). The minimum atomic E-state index is -0.523. The average Bonchev–Trinajstić information content (AvgIpc) is 3.20. The number of thiophene rings is 1. The molecule has 1 aromatic carbocycles. The summed E-state index contributed by atoms with van der Waals surface area (Å²) in [7, 11) is 1.54. The molecule has 0 spiro atoms. The highest BCUT2D eigenvalue weighted by atomic mass is 32.1. The number of carbonyl (C=O) groups is 2. The second-order valence-electron chi connectivity index (χ2n) is 6.59. The predicted molar refractivity (Wildman–Crippen MR) is 107 cm³/mol. The van der Waals surface area contributed by atoms with Crippen molar-refractivity contribution in [1.82, 2.24) is 10.2 Å². The van der Waals surface area contributed by atoms with Crippen LogP contribution in [-0.2, 0) is 11.2 Å². The van der Waals surface area contributed by atoms with Crippen molar-refractivity contribution in [2.45, 2.75) is 19.3 Å². The van der Waals surface area contributed by atoms with E-state index in [-0.39, 0.29) is 11.8 Å². The van der Waals surface area contributed by atoms with E-state index in [9.17, 15) is 9.59 Å². The largest absolute Gasteiger partial charge is 0.495 e. The Hall–Kier alpha value is -2.38. The van der Waals surface area contributed by atoms with E-state index in [4.69, 9.17) is 4.74 Å². The lowest BCUT2D eigenvalue weighted by molar-refractivity contribution is -0.125. The zero-order valence-electron chi connectivity index (χ0n) is 15.4. The summed E-state index contributed by atoms with van der Waals surface area (Å²) < 4.78 is 5.20. The minimum Gasteiger partial charge on any atom is -0.495 e. The molecule has 1 fully saturated rings. The second-order valence-corrected chi connectivity index (χ2v) is 7.62. The number of hydrogen-bond donors (Lipinski definition) is 2. The number of amides is 3. The molecule has 2 N–H and O–H groups in total. The molecule has 0 aliphatic carbocycles. The number of imide groups is 1. The number of hydrogen-bond acceptors (Lipinski definition) is 5. The van der Waals surface area contributed by atoms with Gasteiger partial charge in [0.25, 0.3) is 0 Å². The van der Waals surface area contributed by atoms with Crippen LogP contribution >= 0.6 is 11.3 Å². The van der Waals surface area contributed by atoms with Crippen molar-refractivity contribution >= 4 is 29.0 Å². The summed E-state index contributed by atoms with van der Waals surface area (Å²) >= 11 is 1.78. The van der Waals surface area contributed by atoms with Crippen molar-refractivity contribution in [3.63, 3.8) is 0 Å². The van der Waals surface area contributed by atoms with Gasteiger partial charge in [0.1, 0.15) is 5.75 Å². The third-order valence-corrected chi connectivity index (χ3v) is 5.74. The van der Waals surface area contributed by atoms with E-state index in [1.807, 2.05) is 6.07 Å². The smallest absolute Gasteiger partial charge is 0.325 e. The highest BCUT2D eigenvalue weighted by molar-refractivity contribution is 7.09. The molecule has 1 saturated heterocycles. The second kappa shape index (κ2) is 9.53. The Morgan fingerprint density at radius 1 is 1.19 bits per heavy atom. The van der Waals surface area contributed by atoms with Gasteiger partial charge in [-0.05, 0) is 55.9 Å². The predicted octanol–water partition coefficient (Wildman–Crippen LogP) is 3.36. The van der Waals surface area contributed by atoms with E-state index in [0.717, 1.165) is 38.9 Å². The molecule has 0 radical (unpaired) electrons. The zero-order valence-corrected chi connectivity index (χ0v) is 16.3. The number of carbonyl (C=O) groups excluding carboxylic acids is 2. The van der Waals surface area contributed by atoms with Crippen LogP contribution in [0.2, 0.25) is 0 Å². The fourth-order valence-electron chi connectivity index (χ4n) is 3.26. The van der Waals surface area contributed by atoms with Crippen molar-refractivity contribution in [3.8, 4) is 5.75 Å². The van der Waals surface area contributed by atoms with E-state index >= 15 is 0 Å². The normalized spacial score (nSPS) is 15.3. The van der Waals surface area contributed by atoms with E-state index in [0.29, 0.717) is 11.4 Å². The quantitative estimate of drug-likeness (QED) is 0.797. The van der Waals surface area contributed by atoms with Gasteiger partial charge in [0, 0.05) is 17.3 Å². The maximum Gasteiger partial charge on any atom is 0.325 e. The third-order valence-electron chi connectivity index (χ3n) is 4.80. The number of likely N-dealkylation sites (tertiary alicyclic amines) is 1. The Labute approximate surface area is 163 Å². The number of methoxy groups -OCH3 is 1. The summed E-state index contributed by atoms with van der Waals surface area (Å²) in [5.74, 6) is 0.228. The summed E-state index contributed by atoms with van der Waals surface area (Å²) in [5, 5.41) is 7.23. The molecule has 1 aromatic heterocycles. The molecule has 3 amide bonds. The van der Waals surface area contributed by atoms with Gasteiger partial charge in [-0.2, -0.15) is 0 Å². The fraction of sp³-hybridized carbons (Fsp3) is 0.400. The first-order valence-electron chi connectivity index (χ1n) is 9.15.